The maximum Gasteiger partial charge on any atom is 0.207 e. The van der Waals surface area contributed by atoms with Gasteiger partial charge in [-0.25, -0.2) is 0 Å². The van der Waals surface area contributed by atoms with E-state index in [9.17, 15) is 4.79 Å². The van der Waals surface area contributed by atoms with Crippen LogP contribution in [0.25, 0.3) is 0 Å². The highest BCUT2D eigenvalue weighted by atomic mass is 79.9. The van der Waals surface area contributed by atoms with Gasteiger partial charge in [-0.15, -0.1) is 0 Å². The normalized spacial score (nSPS) is 9.50. The number of nitrogens with one attached hydrogen (secondary N) is 1. The number of amides is 1. The minimum Gasteiger partial charge on any atom is -0.353 e. The Hall–Kier alpha value is -0.610. The number of pyridine rings is 1. The highest BCUT2D eigenvalue weighted by molar-refractivity contribution is 9.10. The lowest BCUT2D eigenvalue weighted by molar-refractivity contribution is -0.109. The van der Waals surface area contributed by atoms with Crippen molar-refractivity contribution >= 4 is 33.9 Å². The first-order chi connectivity index (χ1) is 5.74. The molecule has 1 aromatic heterocycles. The van der Waals surface area contributed by atoms with Crippen LogP contribution in [-0.2, 0) is 11.3 Å². The molecule has 1 rings (SSSR count). The van der Waals surface area contributed by atoms with Crippen molar-refractivity contribution < 1.29 is 4.79 Å². The van der Waals surface area contributed by atoms with Crippen molar-refractivity contribution in [2.45, 2.75) is 6.54 Å². The molecule has 0 saturated carbocycles. The van der Waals surface area contributed by atoms with E-state index in [0.29, 0.717) is 23.7 Å². The van der Waals surface area contributed by atoms with Crippen molar-refractivity contribution in [3.05, 3.63) is 27.5 Å². The summed E-state index contributed by atoms with van der Waals surface area (Å²) in [6.07, 6.45) is 2.24. The van der Waals surface area contributed by atoms with Crippen molar-refractivity contribution in [3.8, 4) is 0 Å². The Morgan fingerprint density at radius 1 is 1.75 bits per heavy atom. The van der Waals surface area contributed by atoms with Crippen LogP contribution in [0.1, 0.15) is 5.69 Å². The Labute approximate surface area is 83.3 Å². The molecule has 0 radical (unpaired) electrons. The molecular weight excluding hydrogens is 243 g/mol. The van der Waals surface area contributed by atoms with Gasteiger partial charge in [0.25, 0.3) is 0 Å². The smallest absolute Gasteiger partial charge is 0.207 e. The molecule has 0 unspecified atom stereocenters. The van der Waals surface area contributed by atoms with Crippen LogP contribution in [0.5, 0.6) is 0 Å². The molecule has 0 fully saturated rings. The zero-order valence-corrected chi connectivity index (χ0v) is 8.39. The third kappa shape index (κ3) is 2.46. The van der Waals surface area contributed by atoms with E-state index in [1.54, 1.807) is 12.3 Å². The molecule has 1 heterocycles. The van der Waals surface area contributed by atoms with E-state index in [1.165, 1.54) is 0 Å². The fraction of sp³-hybridized carbons (Fsp3) is 0.143. The second-order valence-corrected chi connectivity index (χ2v) is 3.40. The monoisotopic (exact) mass is 248 g/mol. The molecule has 0 aliphatic heterocycles. The van der Waals surface area contributed by atoms with E-state index in [0.717, 1.165) is 4.47 Å². The van der Waals surface area contributed by atoms with E-state index in [2.05, 4.69) is 26.2 Å². The molecule has 0 aliphatic carbocycles. The van der Waals surface area contributed by atoms with Gasteiger partial charge in [-0.3, -0.25) is 9.78 Å². The predicted octanol–water partition coefficient (Wildman–Crippen LogP) is 1.74. The number of hydrogen-bond donors (Lipinski definition) is 1. The molecule has 0 aromatic carbocycles. The molecule has 0 spiro atoms. The first-order valence-electron chi connectivity index (χ1n) is 3.21. The molecule has 0 aliphatic rings. The molecule has 5 heteroatoms. The minimum atomic E-state index is 0.357. The van der Waals surface area contributed by atoms with Crippen LogP contribution in [0.4, 0.5) is 0 Å². The second kappa shape index (κ2) is 4.42. The maximum atomic E-state index is 9.97. The van der Waals surface area contributed by atoms with Crippen LogP contribution in [0.2, 0.25) is 5.02 Å². The van der Waals surface area contributed by atoms with Gasteiger partial charge in [0.2, 0.25) is 6.41 Å². The van der Waals surface area contributed by atoms with Gasteiger partial charge in [0.1, 0.15) is 0 Å². The number of carbonyl (C=O) groups is 1. The van der Waals surface area contributed by atoms with Crippen molar-refractivity contribution in [1.29, 1.82) is 0 Å². The molecule has 1 aromatic rings. The number of halogens is 2. The summed E-state index contributed by atoms with van der Waals surface area (Å²) in [6.45, 7) is 0.357. The molecular formula is C7H6BrClN2O. The average molecular weight is 249 g/mol. The summed E-state index contributed by atoms with van der Waals surface area (Å²) in [6, 6.07) is 1.73. The number of rotatable bonds is 3. The average Bonchev–Trinajstić information content (AvgIpc) is 2.03. The molecule has 0 saturated heterocycles. The van der Waals surface area contributed by atoms with Gasteiger partial charge < -0.3 is 5.32 Å². The zero-order chi connectivity index (χ0) is 8.97. The van der Waals surface area contributed by atoms with Crippen molar-refractivity contribution in [2.75, 3.05) is 0 Å². The van der Waals surface area contributed by atoms with Gasteiger partial charge in [-0.2, -0.15) is 0 Å². The first-order valence-corrected chi connectivity index (χ1v) is 4.38. The number of hydrogen-bond acceptors (Lipinski definition) is 2. The van der Waals surface area contributed by atoms with Gasteiger partial charge in [0.15, 0.2) is 0 Å². The SMILES string of the molecule is O=CNCc1ncc(Br)cc1Cl. The molecule has 1 amide bonds. The van der Waals surface area contributed by atoms with Crippen LogP contribution in [0, 0.1) is 0 Å². The summed E-state index contributed by atoms with van der Waals surface area (Å²) in [5, 5.41) is 3.02. The highest BCUT2D eigenvalue weighted by Crippen LogP contribution is 2.18. The summed E-state index contributed by atoms with van der Waals surface area (Å²) >= 11 is 9.04. The number of aromatic nitrogens is 1. The highest BCUT2D eigenvalue weighted by Gasteiger charge is 2.00. The molecule has 1 N–H and O–H groups in total. The Morgan fingerprint density at radius 2 is 2.50 bits per heavy atom. The van der Waals surface area contributed by atoms with Gasteiger partial charge in [-0.05, 0) is 22.0 Å². The fourth-order valence-electron chi connectivity index (χ4n) is 0.711. The lowest BCUT2D eigenvalue weighted by atomic mass is 10.3. The minimum absolute atomic E-state index is 0.357. The molecule has 12 heavy (non-hydrogen) atoms. The van der Waals surface area contributed by atoms with Crippen LogP contribution >= 0.6 is 27.5 Å². The second-order valence-electron chi connectivity index (χ2n) is 2.08. The van der Waals surface area contributed by atoms with Crippen LogP contribution in [0.3, 0.4) is 0 Å². The summed E-state index contributed by atoms with van der Waals surface area (Å²) in [5.74, 6) is 0. The van der Waals surface area contributed by atoms with Crippen LogP contribution < -0.4 is 5.32 Å². The van der Waals surface area contributed by atoms with Crippen molar-refractivity contribution in [3.63, 3.8) is 0 Å². The van der Waals surface area contributed by atoms with E-state index in [1.807, 2.05) is 0 Å². The van der Waals surface area contributed by atoms with Gasteiger partial charge in [0.05, 0.1) is 17.3 Å². The topological polar surface area (TPSA) is 42.0 Å². The third-order valence-electron chi connectivity index (χ3n) is 1.24. The van der Waals surface area contributed by atoms with Gasteiger partial charge in [0, 0.05) is 10.7 Å². The Kier molecular flexibility index (Phi) is 3.49. The first kappa shape index (κ1) is 9.48. The summed E-state index contributed by atoms with van der Waals surface area (Å²) in [4.78, 5) is 14.0. The van der Waals surface area contributed by atoms with E-state index in [-0.39, 0.29) is 0 Å². The van der Waals surface area contributed by atoms with E-state index >= 15 is 0 Å². The number of nitrogens with zero attached hydrogens (tertiary/aromatic N) is 1. The molecule has 64 valence electrons. The fourth-order valence-corrected chi connectivity index (χ4v) is 1.41. The maximum absolute atomic E-state index is 9.97. The van der Waals surface area contributed by atoms with Gasteiger partial charge in [-0.1, -0.05) is 11.6 Å². The van der Waals surface area contributed by atoms with Gasteiger partial charge >= 0.3 is 0 Å². The quantitative estimate of drug-likeness (QED) is 0.829. The summed E-state index contributed by atoms with van der Waals surface area (Å²) in [7, 11) is 0. The largest absolute Gasteiger partial charge is 0.353 e. The lowest BCUT2D eigenvalue weighted by Gasteiger charge is -2.01. The zero-order valence-electron chi connectivity index (χ0n) is 6.05. The lowest BCUT2D eigenvalue weighted by Crippen LogP contribution is -2.11. The Balaban J connectivity index is 2.78. The third-order valence-corrected chi connectivity index (χ3v) is 2.00. The van der Waals surface area contributed by atoms with Crippen molar-refractivity contribution in [1.82, 2.24) is 10.3 Å². The molecule has 3 nitrogen and oxygen atoms in total. The van der Waals surface area contributed by atoms with E-state index < -0.39 is 0 Å². The summed E-state index contributed by atoms with van der Waals surface area (Å²) < 4.78 is 0.822. The standard InChI is InChI=1S/C7H6BrClN2O/c8-5-1-6(9)7(11-2-5)3-10-4-12/h1-2,4H,3H2,(H,10,12). The van der Waals surface area contributed by atoms with Crippen molar-refractivity contribution in [2.24, 2.45) is 0 Å². The Morgan fingerprint density at radius 3 is 3.08 bits per heavy atom. The number of carbonyl (C=O) groups excluding carboxylic acids is 1. The van der Waals surface area contributed by atoms with E-state index in [4.69, 9.17) is 11.6 Å². The summed E-state index contributed by atoms with van der Waals surface area (Å²) in [5.41, 5.74) is 0.659. The molecule has 0 atom stereocenters. The van der Waals surface area contributed by atoms with Crippen LogP contribution in [-0.4, -0.2) is 11.4 Å². The van der Waals surface area contributed by atoms with Crippen LogP contribution in [0.15, 0.2) is 16.7 Å². The Bertz CT molecular complexity index is 293. The predicted molar refractivity (Wildman–Crippen MR) is 49.9 cm³/mol. The molecule has 0 bridgehead atoms.